The molecule has 1 fully saturated rings. The Morgan fingerprint density at radius 2 is 1.74 bits per heavy atom. The molecule has 176 valence electrons. The van der Waals surface area contributed by atoms with E-state index in [-0.39, 0.29) is 5.56 Å². The number of anilines is 1. The summed E-state index contributed by atoms with van der Waals surface area (Å²) in [5.74, 6) is -1.21. The van der Waals surface area contributed by atoms with E-state index >= 15 is 0 Å². The van der Waals surface area contributed by atoms with Crippen LogP contribution in [0, 0.1) is 5.82 Å². The van der Waals surface area contributed by atoms with E-state index in [1.165, 1.54) is 18.2 Å². The lowest BCUT2D eigenvalue weighted by atomic mass is 10.0. The zero-order valence-corrected chi connectivity index (χ0v) is 19.2. The Labute approximate surface area is 202 Å². The number of nitrogens with two attached hydrogens (primary N) is 1. The van der Waals surface area contributed by atoms with Crippen molar-refractivity contribution in [2.45, 2.75) is 24.9 Å². The molecule has 9 heteroatoms. The second-order valence-electron chi connectivity index (χ2n) is 8.05. The first-order valence-corrected chi connectivity index (χ1v) is 11.4. The van der Waals surface area contributed by atoms with Gasteiger partial charge in [-0.1, -0.05) is 42.0 Å². The Morgan fingerprint density at radius 1 is 1.09 bits per heavy atom. The molecule has 0 bridgehead atoms. The molecule has 1 saturated heterocycles. The van der Waals surface area contributed by atoms with Gasteiger partial charge in [0.25, 0.3) is 0 Å². The van der Waals surface area contributed by atoms with Gasteiger partial charge in [0, 0.05) is 29.4 Å². The lowest BCUT2D eigenvalue weighted by Gasteiger charge is -2.31. The molecule has 1 aliphatic heterocycles. The number of hydrogen-bond donors (Lipinski definition) is 2. The number of amides is 3. The van der Waals surface area contributed by atoms with Crippen molar-refractivity contribution in [1.82, 2.24) is 10.3 Å². The molecule has 1 aliphatic carbocycles. The fraction of sp³-hybridized carbons (Fsp3) is 0.240. The van der Waals surface area contributed by atoms with E-state index < -0.39 is 29.8 Å². The van der Waals surface area contributed by atoms with E-state index in [0.717, 1.165) is 36.5 Å². The minimum atomic E-state index is -1.33. The largest absolute Gasteiger partial charge is 0.351 e. The van der Waals surface area contributed by atoms with Crippen molar-refractivity contribution in [1.29, 1.82) is 0 Å². The number of halogens is 2. The molecule has 0 spiro atoms. The average Bonchev–Trinajstić information content (AvgIpc) is 3.33. The Balaban J connectivity index is 1.60. The topological polar surface area (TPSA) is 91.0 Å². The van der Waals surface area contributed by atoms with Gasteiger partial charge in [-0.25, -0.2) is 9.18 Å². The van der Waals surface area contributed by atoms with E-state index in [0.29, 0.717) is 10.7 Å². The van der Waals surface area contributed by atoms with E-state index in [2.05, 4.69) is 10.4 Å². The van der Waals surface area contributed by atoms with Gasteiger partial charge in [-0.15, -0.1) is 0 Å². The van der Waals surface area contributed by atoms with Crippen molar-refractivity contribution in [3.05, 3.63) is 89.2 Å². The quantitative estimate of drug-likeness (QED) is 0.648. The van der Waals surface area contributed by atoms with Gasteiger partial charge in [-0.2, -0.15) is 5.10 Å². The fourth-order valence-corrected chi connectivity index (χ4v) is 4.12. The molecule has 2 aliphatic rings. The second kappa shape index (κ2) is 10.5. The number of nitrogens with zero attached hydrogens (tertiary/aromatic N) is 3. The van der Waals surface area contributed by atoms with Gasteiger partial charge in [0.05, 0.1) is 11.8 Å². The first kappa shape index (κ1) is 23.5. The number of urea groups is 1. The van der Waals surface area contributed by atoms with Crippen molar-refractivity contribution in [3.63, 3.8) is 0 Å². The Bertz CT molecular complexity index is 1130. The molecule has 4 rings (SSSR count). The van der Waals surface area contributed by atoms with Crippen LogP contribution in [0.2, 0.25) is 5.02 Å². The predicted molar refractivity (Wildman–Crippen MR) is 131 cm³/mol. The van der Waals surface area contributed by atoms with Crippen LogP contribution in [0.25, 0.3) is 0 Å². The van der Waals surface area contributed by atoms with Gasteiger partial charge in [0.1, 0.15) is 11.9 Å². The van der Waals surface area contributed by atoms with Crippen LogP contribution in [0.1, 0.15) is 24.4 Å². The van der Waals surface area contributed by atoms with Gasteiger partial charge < -0.3 is 11.1 Å². The molecule has 0 radical (unpaired) electrons. The Morgan fingerprint density at radius 3 is 2.35 bits per heavy atom. The third kappa shape index (κ3) is 5.46. The van der Waals surface area contributed by atoms with Gasteiger partial charge >= 0.3 is 6.03 Å². The van der Waals surface area contributed by atoms with Crippen LogP contribution in [-0.2, 0) is 4.79 Å². The molecule has 7 nitrogen and oxygen atoms in total. The third-order valence-electron chi connectivity index (χ3n) is 5.65. The van der Waals surface area contributed by atoms with Gasteiger partial charge in [-0.3, -0.25) is 14.7 Å². The highest BCUT2D eigenvalue weighted by molar-refractivity contribution is 6.30. The van der Waals surface area contributed by atoms with E-state index in [9.17, 15) is 14.0 Å². The highest BCUT2D eigenvalue weighted by atomic mass is 35.5. The zero-order valence-electron chi connectivity index (χ0n) is 18.4. The second-order valence-corrected chi connectivity index (χ2v) is 8.48. The normalized spacial score (nSPS) is 18.0. The van der Waals surface area contributed by atoms with E-state index in [1.807, 2.05) is 17.2 Å². The number of rotatable bonds is 6. The lowest BCUT2D eigenvalue weighted by Crippen LogP contribution is -2.48. The molecule has 2 aromatic rings. The standard InChI is InChI=1S/C25H25ClFN5O2/c26-17-7-13-20(14-8-17)32(25(28)34)23(21-5-1-2-6-22(21)27)24(33)29-18-9-11-19(12-10-18)30-31-15-3-4-16-31/h1-2,5-14,18,23H,3-4,15-16H2,(H2,28,34)(H,29,33). The van der Waals surface area contributed by atoms with Gasteiger partial charge in [0.2, 0.25) is 5.91 Å². The SMILES string of the molecule is NC(=O)N(c1ccc(Cl)cc1)C(C(=O)NC1C=CC(=NN2CCCC2)C=C1)c1ccccc1F. The number of carbonyl (C=O) groups is 2. The number of benzene rings is 2. The molecular weight excluding hydrogens is 457 g/mol. The van der Waals surface area contributed by atoms with Crippen LogP contribution in [0.15, 0.2) is 77.9 Å². The van der Waals surface area contributed by atoms with E-state index in [1.54, 1.807) is 42.5 Å². The molecular formula is C25H25ClFN5O2. The van der Waals surface area contributed by atoms with Crippen LogP contribution in [0.4, 0.5) is 14.9 Å². The van der Waals surface area contributed by atoms with Crippen LogP contribution >= 0.6 is 11.6 Å². The molecule has 34 heavy (non-hydrogen) atoms. The maximum absolute atomic E-state index is 14.8. The minimum Gasteiger partial charge on any atom is -0.351 e. The highest BCUT2D eigenvalue weighted by Crippen LogP contribution is 2.30. The molecule has 2 aromatic carbocycles. The number of hydrazone groups is 1. The van der Waals surface area contributed by atoms with Crippen molar-refractivity contribution >= 4 is 34.9 Å². The predicted octanol–water partition coefficient (Wildman–Crippen LogP) is 4.17. The van der Waals surface area contributed by atoms with Crippen LogP contribution in [0.3, 0.4) is 0 Å². The summed E-state index contributed by atoms with van der Waals surface area (Å²) < 4.78 is 14.8. The number of allylic oxidation sites excluding steroid dienone is 2. The van der Waals surface area contributed by atoms with Crippen molar-refractivity contribution < 1.29 is 14.0 Å². The Kier molecular flexibility index (Phi) is 7.27. The molecule has 1 heterocycles. The van der Waals surface area contributed by atoms with Gasteiger partial charge in [0.15, 0.2) is 0 Å². The van der Waals surface area contributed by atoms with Crippen LogP contribution < -0.4 is 16.0 Å². The molecule has 0 saturated carbocycles. The summed E-state index contributed by atoms with van der Waals surface area (Å²) in [5.41, 5.74) is 6.79. The monoisotopic (exact) mass is 481 g/mol. The first-order chi connectivity index (χ1) is 16.4. The first-order valence-electron chi connectivity index (χ1n) is 11.0. The third-order valence-corrected chi connectivity index (χ3v) is 5.90. The van der Waals surface area contributed by atoms with Crippen molar-refractivity contribution in [2.75, 3.05) is 18.0 Å². The smallest absolute Gasteiger partial charge is 0.320 e. The summed E-state index contributed by atoms with van der Waals surface area (Å²) in [7, 11) is 0. The summed E-state index contributed by atoms with van der Waals surface area (Å²) in [4.78, 5) is 27.0. The summed E-state index contributed by atoms with van der Waals surface area (Å²) in [6.45, 7) is 1.87. The number of hydrogen-bond acceptors (Lipinski definition) is 4. The molecule has 1 unspecified atom stereocenters. The zero-order chi connectivity index (χ0) is 24.1. The summed E-state index contributed by atoms with van der Waals surface area (Å²) >= 11 is 5.97. The molecule has 1 atom stereocenters. The summed E-state index contributed by atoms with van der Waals surface area (Å²) in [6, 6.07) is 9.34. The number of nitrogens with one attached hydrogen (secondary N) is 1. The lowest BCUT2D eigenvalue weighted by molar-refractivity contribution is -0.122. The highest BCUT2D eigenvalue weighted by Gasteiger charge is 2.34. The molecule has 3 N–H and O–H groups in total. The van der Waals surface area contributed by atoms with Crippen molar-refractivity contribution in [2.24, 2.45) is 10.8 Å². The van der Waals surface area contributed by atoms with Crippen molar-refractivity contribution in [3.8, 4) is 0 Å². The maximum Gasteiger partial charge on any atom is 0.320 e. The van der Waals surface area contributed by atoms with Crippen LogP contribution in [0.5, 0.6) is 0 Å². The number of primary amides is 1. The number of carbonyl (C=O) groups excluding carboxylic acids is 2. The molecule has 0 aromatic heterocycles. The maximum atomic E-state index is 14.8. The van der Waals surface area contributed by atoms with E-state index in [4.69, 9.17) is 17.3 Å². The van der Waals surface area contributed by atoms with Crippen LogP contribution in [-0.4, -0.2) is 41.8 Å². The Hall–Kier alpha value is -3.65. The molecule has 3 amide bonds. The minimum absolute atomic E-state index is 0.0220. The average molecular weight is 482 g/mol. The van der Waals surface area contributed by atoms with Gasteiger partial charge in [-0.05, 0) is 55.3 Å². The summed E-state index contributed by atoms with van der Waals surface area (Å²) in [6.07, 6.45) is 9.50. The summed E-state index contributed by atoms with van der Waals surface area (Å²) in [5, 5.41) is 9.90. The fourth-order valence-electron chi connectivity index (χ4n) is 3.99.